The fourth-order valence-electron chi connectivity index (χ4n) is 1.34. The summed E-state index contributed by atoms with van der Waals surface area (Å²) in [5.74, 6) is -0.398. The van der Waals surface area contributed by atoms with Crippen LogP contribution in [0.15, 0.2) is 11.8 Å². The van der Waals surface area contributed by atoms with Gasteiger partial charge in [0.1, 0.15) is 5.70 Å². The van der Waals surface area contributed by atoms with Crippen molar-refractivity contribution in [1.82, 2.24) is 4.90 Å². The van der Waals surface area contributed by atoms with Gasteiger partial charge in [0.15, 0.2) is 0 Å². The number of carboxylic acids is 1. The molecular weight excluding hydrogens is 214 g/mol. The van der Waals surface area contributed by atoms with Crippen molar-refractivity contribution in [3.63, 3.8) is 0 Å². The van der Waals surface area contributed by atoms with Crippen molar-refractivity contribution in [3.8, 4) is 0 Å². The maximum atomic E-state index is 11.0. The lowest BCUT2D eigenvalue weighted by molar-refractivity contribution is -0.146. The number of carbonyl (C=O) groups excluding carboxylic acids is 1. The molecule has 1 N–H and O–H groups in total. The molecule has 2 aliphatic rings. The minimum absolute atomic E-state index is 0. The van der Waals surface area contributed by atoms with Crippen LogP contribution in [0.4, 0.5) is 0 Å². The zero-order valence-corrected chi connectivity index (χ0v) is 8.23. The van der Waals surface area contributed by atoms with E-state index in [-0.39, 0.29) is 29.4 Å². The standard InChI is InChI=1S/C7H7NO3S.ClH/c9-5-3-6-8(5)4(7(10)11)1-2-12-6;/h1,6H,2-3H2,(H,10,11);1H. The van der Waals surface area contributed by atoms with Crippen LogP contribution >= 0.6 is 24.2 Å². The summed E-state index contributed by atoms with van der Waals surface area (Å²) in [5, 5.41) is 8.78. The van der Waals surface area contributed by atoms with Crippen LogP contribution in [0.5, 0.6) is 0 Å². The highest BCUT2D eigenvalue weighted by Crippen LogP contribution is 2.36. The van der Waals surface area contributed by atoms with Gasteiger partial charge in [0.25, 0.3) is 0 Å². The summed E-state index contributed by atoms with van der Waals surface area (Å²) < 4.78 is 0. The number of hydrogen-bond acceptors (Lipinski definition) is 3. The Kier molecular flexibility index (Phi) is 2.87. The van der Waals surface area contributed by atoms with E-state index in [9.17, 15) is 9.59 Å². The van der Waals surface area contributed by atoms with Gasteiger partial charge in [-0.05, 0) is 6.08 Å². The Morgan fingerprint density at radius 3 is 2.85 bits per heavy atom. The van der Waals surface area contributed by atoms with Crippen LogP contribution < -0.4 is 0 Å². The molecule has 0 radical (unpaired) electrons. The van der Waals surface area contributed by atoms with Crippen molar-refractivity contribution in [2.45, 2.75) is 11.8 Å². The molecule has 0 aliphatic carbocycles. The summed E-state index contributed by atoms with van der Waals surface area (Å²) in [6.07, 6.45) is 2.07. The van der Waals surface area contributed by atoms with E-state index in [0.29, 0.717) is 12.2 Å². The van der Waals surface area contributed by atoms with Crippen LogP contribution in [0.25, 0.3) is 0 Å². The summed E-state index contributed by atoms with van der Waals surface area (Å²) in [4.78, 5) is 23.0. The molecule has 72 valence electrons. The molecular formula is C7H8ClNO3S. The molecule has 0 aromatic carbocycles. The van der Waals surface area contributed by atoms with Crippen LogP contribution in [0.3, 0.4) is 0 Å². The molecule has 6 heteroatoms. The van der Waals surface area contributed by atoms with Crippen molar-refractivity contribution in [1.29, 1.82) is 0 Å². The first kappa shape index (κ1) is 10.4. The zero-order valence-electron chi connectivity index (χ0n) is 6.60. The molecule has 1 amide bonds. The molecule has 2 aliphatic heterocycles. The van der Waals surface area contributed by atoms with Gasteiger partial charge in [0, 0.05) is 5.75 Å². The number of rotatable bonds is 1. The van der Waals surface area contributed by atoms with E-state index in [1.54, 1.807) is 17.8 Å². The number of thioether (sulfide) groups is 1. The third kappa shape index (κ3) is 1.53. The predicted octanol–water partition coefficient (Wildman–Crippen LogP) is 0.682. The molecule has 1 atom stereocenters. The molecule has 1 fully saturated rings. The molecule has 0 spiro atoms. The minimum atomic E-state index is -1.01. The van der Waals surface area contributed by atoms with Gasteiger partial charge in [-0.3, -0.25) is 9.69 Å². The first-order valence-electron chi connectivity index (χ1n) is 3.57. The van der Waals surface area contributed by atoms with Crippen LogP contribution in [0, 0.1) is 0 Å². The number of carbonyl (C=O) groups is 2. The highest BCUT2D eigenvalue weighted by molar-refractivity contribution is 8.00. The van der Waals surface area contributed by atoms with E-state index >= 15 is 0 Å². The minimum Gasteiger partial charge on any atom is -0.477 e. The summed E-state index contributed by atoms with van der Waals surface area (Å²) >= 11 is 1.60. The van der Waals surface area contributed by atoms with Crippen molar-refractivity contribution < 1.29 is 14.7 Å². The highest BCUT2D eigenvalue weighted by atomic mass is 35.5. The first-order chi connectivity index (χ1) is 5.70. The molecule has 1 unspecified atom stereocenters. The molecule has 0 aromatic heterocycles. The van der Waals surface area contributed by atoms with Gasteiger partial charge in [-0.15, -0.1) is 24.2 Å². The van der Waals surface area contributed by atoms with E-state index in [1.165, 1.54) is 4.90 Å². The van der Waals surface area contributed by atoms with E-state index < -0.39 is 5.97 Å². The number of halogens is 1. The van der Waals surface area contributed by atoms with E-state index in [2.05, 4.69) is 0 Å². The summed E-state index contributed by atoms with van der Waals surface area (Å²) in [6, 6.07) is 0. The topological polar surface area (TPSA) is 57.6 Å². The lowest BCUT2D eigenvalue weighted by Gasteiger charge is -2.42. The van der Waals surface area contributed by atoms with Gasteiger partial charge < -0.3 is 5.11 Å². The fourth-order valence-corrected chi connectivity index (χ4v) is 2.45. The molecule has 2 heterocycles. The number of nitrogens with zero attached hydrogens (tertiary/aromatic N) is 1. The second kappa shape index (κ2) is 3.59. The largest absolute Gasteiger partial charge is 0.477 e. The summed E-state index contributed by atoms with van der Waals surface area (Å²) in [5.41, 5.74) is 0.148. The lowest BCUT2D eigenvalue weighted by atomic mass is 10.1. The normalized spacial score (nSPS) is 25.2. The Bertz CT molecular complexity index is 291. The van der Waals surface area contributed by atoms with Gasteiger partial charge in [0.2, 0.25) is 5.91 Å². The predicted molar refractivity (Wildman–Crippen MR) is 50.7 cm³/mol. The van der Waals surface area contributed by atoms with Crippen molar-refractivity contribution in [2.24, 2.45) is 0 Å². The van der Waals surface area contributed by atoms with E-state index in [1.807, 2.05) is 0 Å². The second-order valence-electron chi connectivity index (χ2n) is 2.65. The third-order valence-electron chi connectivity index (χ3n) is 1.95. The third-order valence-corrected chi connectivity index (χ3v) is 3.07. The van der Waals surface area contributed by atoms with Crippen LogP contribution in [-0.4, -0.2) is 33.0 Å². The first-order valence-corrected chi connectivity index (χ1v) is 4.62. The monoisotopic (exact) mass is 221 g/mol. The number of hydrogen-bond donors (Lipinski definition) is 1. The van der Waals surface area contributed by atoms with Gasteiger partial charge >= 0.3 is 5.97 Å². The van der Waals surface area contributed by atoms with Gasteiger partial charge in [-0.1, -0.05) is 0 Å². The van der Waals surface area contributed by atoms with Crippen molar-refractivity contribution in [2.75, 3.05) is 5.75 Å². The maximum absolute atomic E-state index is 11.0. The van der Waals surface area contributed by atoms with Gasteiger partial charge in [-0.25, -0.2) is 4.79 Å². The molecule has 0 saturated carbocycles. The summed E-state index contributed by atoms with van der Waals surface area (Å²) in [6.45, 7) is 0. The fraction of sp³-hybridized carbons (Fsp3) is 0.429. The highest BCUT2D eigenvalue weighted by Gasteiger charge is 2.42. The van der Waals surface area contributed by atoms with Crippen molar-refractivity contribution >= 4 is 36.0 Å². The zero-order chi connectivity index (χ0) is 8.72. The van der Waals surface area contributed by atoms with E-state index in [0.717, 1.165) is 0 Å². The van der Waals surface area contributed by atoms with Gasteiger partial charge in [-0.2, -0.15) is 0 Å². The molecule has 4 nitrogen and oxygen atoms in total. The number of amides is 1. The lowest BCUT2D eigenvalue weighted by Crippen LogP contribution is -2.52. The second-order valence-corrected chi connectivity index (χ2v) is 3.86. The average Bonchev–Trinajstić information content (AvgIpc) is 2.01. The number of fused-ring (bicyclic) bond motifs is 1. The number of β-lactam (4-membered cyclic amide) rings is 1. The molecule has 1 saturated heterocycles. The molecule has 0 bridgehead atoms. The van der Waals surface area contributed by atoms with Crippen molar-refractivity contribution in [3.05, 3.63) is 11.8 Å². The Morgan fingerprint density at radius 2 is 2.38 bits per heavy atom. The Balaban J connectivity index is 0.000000845. The van der Waals surface area contributed by atoms with Crippen LogP contribution in [0.2, 0.25) is 0 Å². The Hall–Kier alpha value is -0.680. The molecule has 0 aromatic rings. The Morgan fingerprint density at radius 1 is 1.69 bits per heavy atom. The van der Waals surface area contributed by atoms with Crippen LogP contribution in [-0.2, 0) is 9.59 Å². The number of carboxylic acid groups (broad SMARTS) is 1. The molecule has 13 heavy (non-hydrogen) atoms. The van der Waals surface area contributed by atoms with Crippen LogP contribution in [0.1, 0.15) is 6.42 Å². The quantitative estimate of drug-likeness (QED) is 0.662. The Labute approximate surface area is 85.4 Å². The average molecular weight is 222 g/mol. The SMILES string of the molecule is Cl.O=C(O)C1=CCSC2CC(=O)N12. The smallest absolute Gasteiger partial charge is 0.352 e. The van der Waals surface area contributed by atoms with E-state index in [4.69, 9.17) is 5.11 Å². The number of aliphatic carboxylic acids is 1. The molecule has 2 rings (SSSR count). The maximum Gasteiger partial charge on any atom is 0.352 e. The van der Waals surface area contributed by atoms with Gasteiger partial charge in [0.05, 0.1) is 11.8 Å². The summed E-state index contributed by atoms with van der Waals surface area (Å²) in [7, 11) is 0.